The molecule has 0 fully saturated rings. The number of carbonyl (C=O) groups excluding carboxylic acids is 1. The minimum Gasteiger partial charge on any atom is -0.274 e. The Morgan fingerprint density at radius 3 is 1.31 bits per heavy atom. The van der Waals surface area contributed by atoms with E-state index in [4.69, 9.17) is 0 Å². The molecular formula is C5H2F9NO. The van der Waals surface area contributed by atoms with Gasteiger partial charge in [0.2, 0.25) is 11.8 Å². The summed E-state index contributed by atoms with van der Waals surface area (Å²) in [5.41, 5.74) is 0. The fraction of sp³-hybridized carbons (Fsp3) is 0.800. The fourth-order valence-corrected chi connectivity index (χ4v) is 0.695. The van der Waals surface area contributed by atoms with Gasteiger partial charge >= 0.3 is 18.7 Å². The van der Waals surface area contributed by atoms with E-state index in [1.54, 1.807) is 0 Å². The normalized spacial score (nSPS) is 14.1. The molecule has 0 radical (unpaired) electrons. The summed E-state index contributed by atoms with van der Waals surface area (Å²) in [6.07, 6.45) is -18.0. The van der Waals surface area contributed by atoms with Gasteiger partial charge in [-0.1, -0.05) is 0 Å². The lowest BCUT2D eigenvalue weighted by Gasteiger charge is -2.22. The molecule has 0 saturated heterocycles. The molecule has 96 valence electrons. The van der Waals surface area contributed by atoms with E-state index in [0.29, 0.717) is 0 Å². The predicted molar refractivity (Wildman–Crippen MR) is 29.8 cm³/mol. The number of carbonyl (C=O) groups is 1. The Morgan fingerprint density at radius 1 is 0.812 bits per heavy atom. The molecule has 0 bridgehead atoms. The van der Waals surface area contributed by atoms with Gasteiger partial charge in [0.05, 0.1) is 0 Å². The van der Waals surface area contributed by atoms with Gasteiger partial charge in [0.1, 0.15) is 0 Å². The van der Waals surface area contributed by atoms with Crippen LogP contribution in [0.4, 0.5) is 39.5 Å². The van der Waals surface area contributed by atoms with E-state index in [2.05, 4.69) is 0 Å². The van der Waals surface area contributed by atoms with Crippen LogP contribution < -0.4 is 5.32 Å². The highest BCUT2D eigenvalue weighted by molar-refractivity contribution is 5.80. The summed E-state index contributed by atoms with van der Waals surface area (Å²) in [6, 6.07) is 0. The van der Waals surface area contributed by atoms with E-state index in [-0.39, 0.29) is 5.32 Å². The van der Waals surface area contributed by atoms with Gasteiger partial charge < -0.3 is 0 Å². The maximum Gasteiger partial charge on any atom is 0.484 e. The largest absolute Gasteiger partial charge is 0.484 e. The van der Waals surface area contributed by atoms with Crippen LogP contribution >= 0.6 is 0 Å². The van der Waals surface area contributed by atoms with Gasteiger partial charge in [-0.25, -0.2) is 0 Å². The quantitative estimate of drug-likeness (QED) is 0.571. The number of hydrogen-bond acceptors (Lipinski definition) is 1. The van der Waals surface area contributed by atoms with Crippen molar-refractivity contribution in [1.82, 2.24) is 5.32 Å². The zero-order chi connectivity index (χ0) is 13.4. The average Bonchev–Trinajstić information content (AvgIpc) is 1.70. The van der Waals surface area contributed by atoms with Crippen molar-refractivity contribution in [1.29, 1.82) is 0 Å². The van der Waals surface area contributed by atoms with Crippen LogP contribution in [0.3, 0.4) is 0 Å². The zero-order valence-electron chi connectivity index (χ0n) is 6.89. The first-order chi connectivity index (χ1) is 6.75. The van der Waals surface area contributed by atoms with E-state index >= 15 is 0 Å². The lowest BCUT2D eigenvalue weighted by molar-refractivity contribution is -0.277. The van der Waals surface area contributed by atoms with E-state index in [0.717, 1.165) is 0 Å². The molecule has 0 aliphatic heterocycles. The van der Waals surface area contributed by atoms with E-state index in [1.807, 2.05) is 0 Å². The van der Waals surface area contributed by atoms with Crippen molar-refractivity contribution in [3.63, 3.8) is 0 Å². The van der Waals surface area contributed by atoms with Crippen LogP contribution in [0.1, 0.15) is 0 Å². The highest BCUT2D eigenvalue weighted by atomic mass is 19.4. The van der Waals surface area contributed by atoms with Gasteiger partial charge in [0.15, 0.2) is 0 Å². The second kappa shape index (κ2) is 4.01. The molecule has 0 saturated carbocycles. The predicted octanol–water partition coefficient (Wildman–Crippen LogP) is 2.36. The molecule has 11 heteroatoms. The van der Waals surface area contributed by atoms with Crippen molar-refractivity contribution in [3.8, 4) is 0 Å². The van der Waals surface area contributed by atoms with E-state index in [1.165, 1.54) is 0 Å². The maximum atomic E-state index is 11.7. The Bertz CT molecular complexity index is 247. The summed E-state index contributed by atoms with van der Waals surface area (Å²) in [7, 11) is 0. The van der Waals surface area contributed by atoms with Crippen molar-refractivity contribution in [2.45, 2.75) is 18.7 Å². The molecule has 2 nitrogen and oxygen atoms in total. The lowest BCUT2D eigenvalue weighted by Crippen LogP contribution is -2.51. The number of halogens is 9. The summed E-state index contributed by atoms with van der Waals surface area (Å²) in [5.74, 6) is -7.92. The van der Waals surface area contributed by atoms with Crippen LogP contribution in [0.15, 0.2) is 0 Å². The Hall–Kier alpha value is -1.16. The molecule has 1 N–H and O–H groups in total. The second-order valence-corrected chi connectivity index (χ2v) is 2.50. The first kappa shape index (κ1) is 14.8. The van der Waals surface area contributed by atoms with Crippen molar-refractivity contribution in [2.75, 3.05) is 0 Å². The topological polar surface area (TPSA) is 29.1 Å². The summed E-state index contributed by atoms with van der Waals surface area (Å²) in [4.78, 5) is 10.2. The monoisotopic (exact) mass is 263 g/mol. The molecule has 0 unspecified atom stereocenters. The fourth-order valence-electron chi connectivity index (χ4n) is 0.695. The summed E-state index contributed by atoms with van der Waals surface area (Å²) >= 11 is 0. The summed E-state index contributed by atoms with van der Waals surface area (Å²) in [5, 5.41) is -0.347. The molecule has 0 heterocycles. The molecule has 0 aliphatic carbocycles. The third kappa shape index (κ3) is 4.57. The molecule has 0 spiro atoms. The Labute approximate surface area is 81.4 Å². The highest BCUT2D eigenvalue weighted by Crippen LogP contribution is 2.39. The standard InChI is InChI=1S/C5H2F9NO/c6-3(7,8)1(4(9,10)11)2(16)15-5(12,13)14/h1H,(H,15,16). The molecule has 0 rings (SSSR count). The molecule has 0 aromatic heterocycles. The van der Waals surface area contributed by atoms with Crippen LogP contribution in [0.2, 0.25) is 0 Å². The van der Waals surface area contributed by atoms with Crippen LogP contribution in [-0.4, -0.2) is 24.6 Å². The molecule has 16 heavy (non-hydrogen) atoms. The molecule has 0 atom stereocenters. The second-order valence-electron chi connectivity index (χ2n) is 2.50. The summed E-state index contributed by atoms with van der Waals surface area (Å²) < 4.78 is 104. The lowest BCUT2D eigenvalue weighted by atomic mass is 10.1. The average molecular weight is 263 g/mol. The Balaban J connectivity index is 5.03. The molecule has 0 aliphatic rings. The number of rotatable bonds is 1. The number of amides is 1. The zero-order valence-corrected chi connectivity index (χ0v) is 6.89. The van der Waals surface area contributed by atoms with Crippen molar-refractivity contribution in [3.05, 3.63) is 0 Å². The van der Waals surface area contributed by atoms with Gasteiger partial charge in [-0.15, -0.1) is 0 Å². The number of alkyl halides is 9. The van der Waals surface area contributed by atoms with E-state index in [9.17, 15) is 44.3 Å². The minimum atomic E-state index is -6.15. The van der Waals surface area contributed by atoms with Crippen LogP contribution in [-0.2, 0) is 4.79 Å². The van der Waals surface area contributed by atoms with Gasteiger partial charge in [-0.3, -0.25) is 10.1 Å². The first-order valence-electron chi connectivity index (χ1n) is 3.27. The van der Waals surface area contributed by atoms with Crippen molar-refractivity contribution < 1.29 is 44.3 Å². The molecule has 0 aromatic rings. The molecular weight excluding hydrogens is 261 g/mol. The minimum absolute atomic E-state index is 0.347. The van der Waals surface area contributed by atoms with E-state index < -0.39 is 30.5 Å². The molecule has 1 amide bonds. The molecule has 0 aromatic carbocycles. The van der Waals surface area contributed by atoms with Crippen LogP contribution in [0, 0.1) is 5.92 Å². The van der Waals surface area contributed by atoms with Gasteiger partial charge in [-0.2, -0.15) is 39.5 Å². The highest BCUT2D eigenvalue weighted by Gasteiger charge is 2.62. The van der Waals surface area contributed by atoms with Crippen molar-refractivity contribution >= 4 is 5.91 Å². The van der Waals surface area contributed by atoms with Crippen LogP contribution in [0.25, 0.3) is 0 Å². The van der Waals surface area contributed by atoms with Gasteiger partial charge in [-0.05, 0) is 0 Å². The summed E-state index contributed by atoms with van der Waals surface area (Å²) in [6.45, 7) is 0. The van der Waals surface area contributed by atoms with Gasteiger partial charge in [0, 0.05) is 0 Å². The maximum absolute atomic E-state index is 11.7. The smallest absolute Gasteiger partial charge is 0.274 e. The Kier molecular flexibility index (Phi) is 3.72. The third-order valence-corrected chi connectivity index (χ3v) is 1.18. The number of hydrogen-bond donors (Lipinski definition) is 1. The first-order valence-corrected chi connectivity index (χ1v) is 3.27. The third-order valence-electron chi connectivity index (χ3n) is 1.18. The van der Waals surface area contributed by atoms with Crippen LogP contribution in [0.5, 0.6) is 0 Å². The van der Waals surface area contributed by atoms with Gasteiger partial charge in [0.25, 0.3) is 0 Å². The number of nitrogens with one attached hydrogen (secondary N) is 1. The Morgan fingerprint density at radius 2 is 1.12 bits per heavy atom. The SMILES string of the molecule is O=C(NC(F)(F)F)C(C(F)(F)F)C(F)(F)F. The van der Waals surface area contributed by atoms with Crippen molar-refractivity contribution in [2.24, 2.45) is 5.92 Å².